The third kappa shape index (κ3) is 6.22. The summed E-state index contributed by atoms with van der Waals surface area (Å²) < 4.78 is 0. The Labute approximate surface area is 120 Å². The standard InChI is InChI=1S/C15H23N3O2/c1-2-3-10-17-15(20)18(11-9-14(16)19)12-13-7-5-4-6-8-13/h4-8H,2-3,9-12H2,1H3,(H2,16,19)(H,17,20). The van der Waals surface area contributed by atoms with Crippen LogP contribution < -0.4 is 11.1 Å². The number of urea groups is 1. The van der Waals surface area contributed by atoms with Gasteiger partial charge in [-0.1, -0.05) is 43.7 Å². The fourth-order valence-electron chi connectivity index (χ4n) is 1.79. The monoisotopic (exact) mass is 277 g/mol. The first-order chi connectivity index (χ1) is 9.63. The second-order valence-electron chi connectivity index (χ2n) is 4.71. The molecule has 110 valence electrons. The van der Waals surface area contributed by atoms with E-state index in [0.29, 0.717) is 19.6 Å². The average molecular weight is 277 g/mol. The summed E-state index contributed by atoms with van der Waals surface area (Å²) in [5.41, 5.74) is 6.19. The van der Waals surface area contributed by atoms with Gasteiger partial charge in [0.05, 0.1) is 0 Å². The summed E-state index contributed by atoms with van der Waals surface area (Å²) in [6.07, 6.45) is 2.15. The first kappa shape index (κ1) is 16.0. The number of primary amides is 1. The molecule has 5 heteroatoms. The molecule has 0 saturated heterocycles. The zero-order valence-corrected chi connectivity index (χ0v) is 12.0. The zero-order valence-electron chi connectivity index (χ0n) is 12.0. The summed E-state index contributed by atoms with van der Waals surface area (Å²) in [5, 5.41) is 2.86. The summed E-state index contributed by atoms with van der Waals surface area (Å²) >= 11 is 0. The van der Waals surface area contributed by atoms with Crippen LogP contribution >= 0.6 is 0 Å². The third-order valence-corrected chi connectivity index (χ3v) is 2.94. The van der Waals surface area contributed by atoms with Crippen molar-refractivity contribution in [1.82, 2.24) is 10.2 Å². The molecule has 5 nitrogen and oxygen atoms in total. The fourth-order valence-corrected chi connectivity index (χ4v) is 1.79. The predicted octanol–water partition coefficient (Wildman–Crippen LogP) is 1.87. The van der Waals surface area contributed by atoms with Crippen LogP contribution in [0.3, 0.4) is 0 Å². The molecular formula is C15H23N3O2. The number of nitrogens with two attached hydrogens (primary N) is 1. The highest BCUT2D eigenvalue weighted by Crippen LogP contribution is 2.05. The van der Waals surface area contributed by atoms with E-state index in [2.05, 4.69) is 12.2 Å². The third-order valence-electron chi connectivity index (χ3n) is 2.94. The van der Waals surface area contributed by atoms with Crippen molar-refractivity contribution >= 4 is 11.9 Å². The SMILES string of the molecule is CCCCNC(=O)N(CCC(N)=O)Cc1ccccc1. The number of carbonyl (C=O) groups is 2. The van der Waals surface area contributed by atoms with Crippen molar-refractivity contribution in [3.63, 3.8) is 0 Å². The molecule has 0 aliphatic rings. The van der Waals surface area contributed by atoms with E-state index >= 15 is 0 Å². The van der Waals surface area contributed by atoms with Crippen LogP contribution in [-0.4, -0.2) is 29.9 Å². The van der Waals surface area contributed by atoms with Crippen LogP contribution in [-0.2, 0) is 11.3 Å². The number of carbonyl (C=O) groups excluding carboxylic acids is 2. The molecule has 0 unspecified atom stereocenters. The van der Waals surface area contributed by atoms with Crippen LogP contribution in [0.5, 0.6) is 0 Å². The van der Waals surface area contributed by atoms with Crippen molar-refractivity contribution in [2.24, 2.45) is 5.73 Å². The lowest BCUT2D eigenvalue weighted by molar-refractivity contribution is -0.118. The molecule has 0 aliphatic heterocycles. The minimum Gasteiger partial charge on any atom is -0.370 e. The Kier molecular flexibility index (Phi) is 7.17. The van der Waals surface area contributed by atoms with Gasteiger partial charge in [0.25, 0.3) is 0 Å². The van der Waals surface area contributed by atoms with Crippen LogP contribution in [0.25, 0.3) is 0 Å². The van der Waals surface area contributed by atoms with Crippen LogP contribution in [0.2, 0.25) is 0 Å². The number of benzene rings is 1. The Hall–Kier alpha value is -2.04. The largest absolute Gasteiger partial charge is 0.370 e. The van der Waals surface area contributed by atoms with Crippen LogP contribution in [0.1, 0.15) is 31.7 Å². The van der Waals surface area contributed by atoms with Crippen molar-refractivity contribution in [2.45, 2.75) is 32.7 Å². The summed E-state index contributed by atoms with van der Waals surface area (Å²) in [6, 6.07) is 9.54. The van der Waals surface area contributed by atoms with E-state index in [9.17, 15) is 9.59 Å². The van der Waals surface area contributed by atoms with Gasteiger partial charge in [0.15, 0.2) is 0 Å². The number of amides is 3. The van der Waals surface area contributed by atoms with E-state index in [0.717, 1.165) is 18.4 Å². The zero-order chi connectivity index (χ0) is 14.8. The number of nitrogens with zero attached hydrogens (tertiary/aromatic N) is 1. The van der Waals surface area contributed by atoms with Gasteiger partial charge >= 0.3 is 6.03 Å². The van der Waals surface area contributed by atoms with E-state index in [-0.39, 0.29) is 12.5 Å². The van der Waals surface area contributed by atoms with Crippen molar-refractivity contribution in [2.75, 3.05) is 13.1 Å². The van der Waals surface area contributed by atoms with Gasteiger partial charge in [0.2, 0.25) is 5.91 Å². The Morgan fingerprint density at radius 1 is 1.25 bits per heavy atom. The highest BCUT2D eigenvalue weighted by molar-refractivity contribution is 5.77. The molecule has 0 atom stereocenters. The molecule has 3 amide bonds. The Morgan fingerprint density at radius 2 is 1.95 bits per heavy atom. The molecule has 20 heavy (non-hydrogen) atoms. The lowest BCUT2D eigenvalue weighted by Crippen LogP contribution is -2.41. The van der Waals surface area contributed by atoms with Crippen molar-refractivity contribution in [1.29, 1.82) is 0 Å². The Bertz CT molecular complexity index is 420. The number of nitrogens with one attached hydrogen (secondary N) is 1. The first-order valence-electron chi connectivity index (χ1n) is 6.98. The van der Waals surface area contributed by atoms with Crippen LogP contribution in [0.15, 0.2) is 30.3 Å². The van der Waals surface area contributed by atoms with Crippen molar-refractivity contribution < 1.29 is 9.59 Å². The van der Waals surface area contributed by atoms with Gasteiger partial charge in [0, 0.05) is 26.1 Å². The Morgan fingerprint density at radius 3 is 2.55 bits per heavy atom. The quantitative estimate of drug-likeness (QED) is 0.712. The maximum atomic E-state index is 12.1. The van der Waals surface area contributed by atoms with Gasteiger partial charge < -0.3 is 16.0 Å². The molecule has 1 rings (SSSR count). The number of hydrogen-bond donors (Lipinski definition) is 2. The topological polar surface area (TPSA) is 75.4 Å². The maximum Gasteiger partial charge on any atom is 0.317 e. The van der Waals surface area contributed by atoms with E-state index in [1.54, 1.807) is 4.90 Å². The molecule has 0 fully saturated rings. The molecule has 0 radical (unpaired) electrons. The number of unbranched alkanes of at least 4 members (excludes halogenated alkanes) is 1. The smallest absolute Gasteiger partial charge is 0.317 e. The van der Waals surface area contributed by atoms with Gasteiger partial charge in [-0.25, -0.2) is 4.79 Å². The molecule has 0 heterocycles. The second-order valence-corrected chi connectivity index (χ2v) is 4.71. The summed E-state index contributed by atoms with van der Waals surface area (Å²) in [7, 11) is 0. The van der Waals surface area contributed by atoms with E-state index in [4.69, 9.17) is 5.73 Å². The molecule has 1 aromatic rings. The molecule has 0 saturated carbocycles. The van der Waals surface area contributed by atoms with E-state index in [1.165, 1.54) is 0 Å². The first-order valence-corrected chi connectivity index (χ1v) is 6.98. The number of hydrogen-bond acceptors (Lipinski definition) is 2. The van der Waals surface area contributed by atoms with Crippen molar-refractivity contribution in [3.8, 4) is 0 Å². The summed E-state index contributed by atoms with van der Waals surface area (Å²) in [5.74, 6) is -0.399. The van der Waals surface area contributed by atoms with Crippen molar-refractivity contribution in [3.05, 3.63) is 35.9 Å². The normalized spacial score (nSPS) is 10.1. The molecule has 1 aromatic carbocycles. The molecular weight excluding hydrogens is 254 g/mol. The molecule has 0 aromatic heterocycles. The van der Waals surface area contributed by atoms with Gasteiger partial charge in [0.1, 0.15) is 0 Å². The lowest BCUT2D eigenvalue weighted by Gasteiger charge is -2.22. The molecule has 3 N–H and O–H groups in total. The molecule has 0 spiro atoms. The maximum absolute atomic E-state index is 12.1. The lowest BCUT2D eigenvalue weighted by atomic mass is 10.2. The number of rotatable bonds is 8. The minimum atomic E-state index is -0.399. The van der Waals surface area contributed by atoms with E-state index in [1.807, 2.05) is 30.3 Å². The van der Waals surface area contributed by atoms with E-state index < -0.39 is 5.91 Å². The minimum absolute atomic E-state index is 0.149. The fraction of sp³-hybridized carbons (Fsp3) is 0.467. The second kappa shape index (κ2) is 8.96. The van der Waals surface area contributed by atoms with Gasteiger partial charge in [-0.15, -0.1) is 0 Å². The molecule has 0 aliphatic carbocycles. The Balaban J connectivity index is 2.59. The van der Waals surface area contributed by atoms with Crippen LogP contribution in [0, 0.1) is 0 Å². The highest BCUT2D eigenvalue weighted by Gasteiger charge is 2.14. The van der Waals surface area contributed by atoms with Gasteiger partial charge in [-0.2, -0.15) is 0 Å². The van der Waals surface area contributed by atoms with Gasteiger partial charge in [-0.05, 0) is 12.0 Å². The average Bonchev–Trinajstić information content (AvgIpc) is 2.44. The predicted molar refractivity (Wildman–Crippen MR) is 79.0 cm³/mol. The highest BCUT2D eigenvalue weighted by atomic mass is 16.2. The summed E-state index contributed by atoms with van der Waals surface area (Å²) in [6.45, 7) is 3.53. The van der Waals surface area contributed by atoms with Gasteiger partial charge in [-0.3, -0.25) is 4.79 Å². The summed E-state index contributed by atoms with van der Waals surface area (Å²) in [4.78, 5) is 24.6. The molecule has 0 bridgehead atoms. The van der Waals surface area contributed by atoms with Crippen LogP contribution in [0.4, 0.5) is 4.79 Å².